The molecule has 0 saturated carbocycles. The number of hydrogen-bond donors (Lipinski definition) is 1. The minimum absolute atomic E-state index is 0.703. The Hall–Kier alpha value is -0.780. The molecule has 0 aliphatic rings. The summed E-state index contributed by atoms with van der Waals surface area (Å²) in [7, 11) is 1.69. The van der Waals surface area contributed by atoms with Gasteiger partial charge in [0.2, 0.25) is 0 Å². The standard InChI is InChI=1S/C22H39BrN2O2/c1-5-8-12-25(13-9-6-2)14-10-11-24-18-19-16-20(23)17-21(26-4)22(19)27-15-7-3/h16-17,24H,5-15,18H2,1-4H3. The van der Waals surface area contributed by atoms with Crippen LogP contribution in [0.1, 0.15) is 64.9 Å². The van der Waals surface area contributed by atoms with Gasteiger partial charge in [0.1, 0.15) is 0 Å². The van der Waals surface area contributed by atoms with Crippen molar-refractivity contribution in [2.75, 3.05) is 39.9 Å². The second kappa shape index (κ2) is 15.2. The second-order valence-corrected chi connectivity index (χ2v) is 7.94. The van der Waals surface area contributed by atoms with Crippen molar-refractivity contribution in [1.82, 2.24) is 10.2 Å². The minimum Gasteiger partial charge on any atom is -0.493 e. The van der Waals surface area contributed by atoms with Crippen molar-refractivity contribution in [3.05, 3.63) is 22.2 Å². The first-order valence-corrected chi connectivity index (χ1v) is 11.4. The summed E-state index contributed by atoms with van der Waals surface area (Å²) >= 11 is 3.58. The number of unbranched alkanes of at least 4 members (excludes halogenated alkanes) is 2. The summed E-state index contributed by atoms with van der Waals surface area (Å²) in [6, 6.07) is 4.09. The van der Waals surface area contributed by atoms with Gasteiger partial charge in [-0.2, -0.15) is 0 Å². The largest absolute Gasteiger partial charge is 0.493 e. The molecule has 0 saturated heterocycles. The lowest BCUT2D eigenvalue weighted by molar-refractivity contribution is 0.260. The summed E-state index contributed by atoms with van der Waals surface area (Å²) in [6.07, 6.45) is 7.29. The van der Waals surface area contributed by atoms with Crippen LogP contribution in [0.2, 0.25) is 0 Å². The van der Waals surface area contributed by atoms with E-state index >= 15 is 0 Å². The molecule has 1 rings (SSSR count). The van der Waals surface area contributed by atoms with Crippen LogP contribution in [0.3, 0.4) is 0 Å². The van der Waals surface area contributed by atoms with Gasteiger partial charge in [0, 0.05) is 16.6 Å². The summed E-state index contributed by atoms with van der Waals surface area (Å²) in [4.78, 5) is 2.62. The minimum atomic E-state index is 0.703. The van der Waals surface area contributed by atoms with Crippen LogP contribution in [0, 0.1) is 0 Å². The molecule has 5 heteroatoms. The Morgan fingerprint density at radius 1 is 0.963 bits per heavy atom. The summed E-state index contributed by atoms with van der Waals surface area (Å²) in [5, 5.41) is 3.58. The molecule has 0 atom stereocenters. The molecule has 0 aromatic heterocycles. The summed E-state index contributed by atoms with van der Waals surface area (Å²) in [6.45, 7) is 12.8. The first-order valence-electron chi connectivity index (χ1n) is 10.6. The van der Waals surface area contributed by atoms with Gasteiger partial charge in [0.25, 0.3) is 0 Å². The van der Waals surface area contributed by atoms with Crippen molar-refractivity contribution >= 4 is 15.9 Å². The van der Waals surface area contributed by atoms with Crippen LogP contribution in [-0.2, 0) is 6.54 Å². The Balaban J connectivity index is 2.51. The van der Waals surface area contributed by atoms with Crippen molar-refractivity contribution < 1.29 is 9.47 Å². The number of benzene rings is 1. The number of nitrogens with zero attached hydrogens (tertiary/aromatic N) is 1. The third-order valence-corrected chi connectivity index (χ3v) is 5.02. The van der Waals surface area contributed by atoms with Gasteiger partial charge in [0.15, 0.2) is 11.5 Å². The zero-order valence-electron chi connectivity index (χ0n) is 17.8. The van der Waals surface area contributed by atoms with Gasteiger partial charge >= 0.3 is 0 Å². The van der Waals surface area contributed by atoms with E-state index in [1.807, 2.05) is 6.07 Å². The lowest BCUT2D eigenvalue weighted by atomic mass is 10.1. The van der Waals surface area contributed by atoms with E-state index in [1.165, 1.54) is 51.7 Å². The number of rotatable bonds is 16. The van der Waals surface area contributed by atoms with E-state index in [0.717, 1.165) is 41.0 Å². The molecule has 0 aliphatic carbocycles. The monoisotopic (exact) mass is 442 g/mol. The molecule has 0 aliphatic heterocycles. The maximum absolute atomic E-state index is 5.95. The third kappa shape index (κ3) is 9.82. The topological polar surface area (TPSA) is 33.7 Å². The number of methoxy groups -OCH3 is 1. The van der Waals surface area contributed by atoms with E-state index in [9.17, 15) is 0 Å². The van der Waals surface area contributed by atoms with Crippen LogP contribution >= 0.6 is 15.9 Å². The molecule has 1 N–H and O–H groups in total. The zero-order valence-corrected chi connectivity index (χ0v) is 19.4. The molecular weight excluding hydrogens is 404 g/mol. The van der Waals surface area contributed by atoms with E-state index in [2.05, 4.69) is 53.0 Å². The van der Waals surface area contributed by atoms with E-state index in [0.29, 0.717) is 6.61 Å². The van der Waals surface area contributed by atoms with Crippen LogP contribution in [0.25, 0.3) is 0 Å². The number of ether oxygens (including phenoxy) is 2. The molecule has 0 radical (unpaired) electrons. The molecule has 0 spiro atoms. The Labute approximate surface area is 175 Å². The number of hydrogen-bond acceptors (Lipinski definition) is 4. The van der Waals surface area contributed by atoms with Gasteiger partial charge in [-0.3, -0.25) is 0 Å². The van der Waals surface area contributed by atoms with Gasteiger partial charge in [-0.15, -0.1) is 0 Å². The molecule has 27 heavy (non-hydrogen) atoms. The van der Waals surface area contributed by atoms with Crippen LogP contribution in [0.4, 0.5) is 0 Å². The van der Waals surface area contributed by atoms with Gasteiger partial charge in [-0.25, -0.2) is 0 Å². The lowest BCUT2D eigenvalue weighted by Gasteiger charge is -2.22. The Bertz CT molecular complexity index is 503. The highest BCUT2D eigenvalue weighted by atomic mass is 79.9. The fourth-order valence-corrected chi connectivity index (χ4v) is 3.51. The molecule has 0 unspecified atom stereocenters. The van der Waals surface area contributed by atoms with Gasteiger partial charge in [-0.05, 0) is 64.0 Å². The third-order valence-electron chi connectivity index (χ3n) is 4.57. The van der Waals surface area contributed by atoms with Crippen molar-refractivity contribution in [2.45, 2.75) is 65.8 Å². The van der Waals surface area contributed by atoms with E-state index in [1.54, 1.807) is 7.11 Å². The first-order chi connectivity index (χ1) is 13.2. The van der Waals surface area contributed by atoms with E-state index in [-0.39, 0.29) is 0 Å². The first kappa shape index (κ1) is 24.3. The second-order valence-electron chi connectivity index (χ2n) is 7.02. The predicted molar refractivity (Wildman–Crippen MR) is 119 cm³/mol. The predicted octanol–water partition coefficient (Wildman–Crippen LogP) is 5.63. The fourth-order valence-electron chi connectivity index (χ4n) is 3.02. The Kier molecular flexibility index (Phi) is 13.6. The quantitative estimate of drug-likeness (QED) is 0.336. The van der Waals surface area contributed by atoms with Crippen molar-refractivity contribution in [3.8, 4) is 11.5 Å². The lowest BCUT2D eigenvalue weighted by Crippen LogP contribution is -2.29. The molecule has 0 bridgehead atoms. The smallest absolute Gasteiger partial charge is 0.165 e. The molecule has 0 heterocycles. The average molecular weight is 443 g/mol. The molecule has 1 aromatic carbocycles. The molecule has 1 aromatic rings. The molecular formula is C22H39BrN2O2. The van der Waals surface area contributed by atoms with Crippen LogP contribution in [0.5, 0.6) is 11.5 Å². The van der Waals surface area contributed by atoms with Crippen molar-refractivity contribution in [1.29, 1.82) is 0 Å². The summed E-state index contributed by atoms with van der Waals surface area (Å²) in [5.74, 6) is 1.66. The molecule has 4 nitrogen and oxygen atoms in total. The SMILES string of the molecule is CCCCN(CCCC)CCCNCc1cc(Br)cc(OC)c1OCCC. The highest BCUT2D eigenvalue weighted by Crippen LogP contribution is 2.35. The van der Waals surface area contributed by atoms with Crippen LogP contribution in [0.15, 0.2) is 16.6 Å². The van der Waals surface area contributed by atoms with E-state index in [4.69, 9.17) is 9.47 Å². The van der Waals surface area contributed by atoms with Crippen molar-refractivity contribution in [3.63, 3.8) is 0 Å². The van der Waals surface area contributed by atoms with Gasteiger partial charge in [-0.1, -0.05) is 49.5 Å². The summed E-state index contributed by atoms with van der Waals surface area (Å²) < 4.78 is 12.5. The number of halogens is 1. The van der Waals surface area contributed by atoms with Gasteiger partial charge in [0.05, 0.1) is 13.7 Å². The molecule has 0 fully saturated rings. The number of nitrogens with one attached hydrogen (secondary N) is 1. The van der Waals surface area contributed by atoms with E-state index < -0.39 is 0 Å². The van der Waals surface area contributed by atoms with Crippen LogP contribution < -0.4 is 14.8 Å². The molecule has 156 valence electrons. The van der Waals surface area contributed by atoms with Crippen LogP contribution in [-0.4, -0.2) is 44.8 Å². The average Bonchev–Trinajstić information content (AvgIpc) is 2.67. The molecule has 0 amide bonds. The Morgan fingerprint density at radius 3 is 2.22 bits per heavy atom. The van der Waals surface area contributed by atoms with Gasteiger partial charge < -0.3 is 19.7 Å². The maximum Gasteiger partial charge on any atom is 0.165 e. The normalized spacial score (nSPS) is 11.2. The fraction of sp³-hybridized carbons (Fsp3) is 0.727. The van der Waals surface area contributed by atoms with Crippen molar-refractivity contribution in [2.24, 2.45) is 0 Å². The maximum atomic E-state index is 5.95. The zero-order chi connectivity index (χ0) is 19.9. The highest BCUT2D eigenvalue weighted by Gasteiger charge is 2.12. The summed E-state index contributed by atoms with van der Waals surface area (Å²) in [5.41, 5.74) is 1.14. The highest BCUT2D eigenvalue weighted by molar-refractivity contribution is 9.10. The Morgan fingerprint density at radius 2 is 1.63 bits per heavy atom.